The van der Waals surface area contributed by atoms with Crippen LogP contribution < -0.4 is 16.6 Å². The zero-order valence-corrected chi connectivity index (χ0v) is 14.9. The van der Waals surface area contributed by atoms with Gasteiger partial charge in [0.15, 0.2) is 0 Å². The van der Waals surface area contributed by atoms with Crippen LogP contribution in [0.4, 0.5) is 0 Å². The van der Waals surface area contributed by atoms with E-state index >= 15 is 0 Å². The van der Waals surface area contributed by atoms with Crippen LogP contribution in [-0.4, -0.2) is 32.0 Å². The molecule has 0 atom stereocenters. The summed E-state index contributed by atoms with van der Waals surface area (Å²) >= 11 is 1.53. The molecule has 0 aliphatic carbocycles. The van der Waals surface area contributed by atoms with Gasteiger partial charge in [-0.15, -0.1) is 11.3 Å². The molecule has 1 amide bonds. The third kappa shape index (κ3) is 4.12. The number of H-pyrrole nitrogens is 1. The number of pyridine rings is 1. The Morgan fingerprint density at radius 3 is 3.00 bits per heavy atom. The summed E-state index contributed by atoms with van der Waals surface area (Å²) in [5.74, 6) is -0.281. The maximum Gasteiger partial charge on any atom is 0.328 e. The highest BCUT2D eigenvalue weighted by Gasteiger charge is 2.10. The largest absolute Gasteiger partial charge is 0.355 e. The molecular formula is C17H17N5O3S. The lowest BCUT2D eigenvalue weighted by atomic mass is 10.2. The van der Waals surface area contributed by atoms with Gasteiger partial charge in [0.1, 0.15) is 5.01 Å². The highest BCUT2D eigenvalue weighted by atomic mass is 32.1. The van der Waals surface area contributed by atoms with Crippen molar-refractivity contribution in [1.82, 2.24) is 24.8 Å². The molecular weight excluding hydrogens is 354 g/mol. The lowest BCUT2D eigenvalue weighted by Crippen LogP contribution is -2.36. The molecule has 0 saturated heterocycles. The van der Waals surface area contributed by atoms with Crippen molar-refractivity contribution in [2.45, 2.75) is 12.8 Å². The Morgan fingerprint density at radius 1 is 1.38 bits per heavy atom. The quantitative estimate of drug-likeness (QED) is 0.655. The standard InChI is InChI=1S/C17H17N5O3S/c1-22-16(24)12(9-20-17(22)25)7-14(23)19-6-4-13-10-26-15(21-13)11-3-2-5-18-8-11/h2-3,5,8-10H,4,6-7H2,1H3,(H,19,23)(H,20,25). The first kappa shape index (κ1) is 17.7. The van der Waals surface area contributed by atoms with E-state index in [1.807, 2.05) is 17.5 Å². The van der Waals surface area contributed by atoms with E-state index in [4.69, 9.17) is 0 Å². The van der Waals surface area contributed by atoms with Crippen LogP contribution in [-0.2, 0) is 24.7 Å². The van der Waals surface area contributed by atoms with E-state index < -0.39 is 11.2 Å². The molecule has 9 heteroatoms. The number of hydrogen-bond donors (Lipinski definition) is 2. The summed E-state index contributed by atoms with van der Waals surface area (Å²) in [4.78, 5) is 46.2. The summed E-state index contributed by atoms with van der Waals surface area (Å²) in [5, 5.41) is 5.60. The van der Waals surface area contributed by atoms with Crippen molar-refractivity contribution in [3.05, 3.63) is 68.2 Å². The summed E-state index contributed by atoms with van der Waals surface area (Å²) in [7, 11) is 1.37. The van der Waals surface area contributed by atoms with Crippen LogP contribution in [0.25, 0.3) is 10.6 Å². The van der Waals surface area contributed by atoms with Crippen molar-refractivity contribution in [1.29, 1.82) is 0 Å². The SMILES string of the molecule is Cn1c(=O)[nH]cc(CC(=O)NCCc2csc(-c3cccnc3)n2)c1=O. The van der Waals surface area contributed by atoms with Crippen molar-refractivity contribution in [3.8, 4) is 10.6 Å². The molecule has 8 nitrogen and oxygen atoms in total. The monoisotopic (exact) mass is 371 g/mol. The van der Waals surface area contributed by atoms with Crippen LogP contribution in [0.2, 0.25) is 0 Å². The Balaban J connectivity index is 1.53. The van der Waals surface area contributed by atoms with E-state index in [2.05, 4.69) is 20.3 Å². The summed E-state index contributed by atoms with van der Waals surface area (Å²) in [6.45, 7) is 0.415. The van der Waals surface area contributed by atoms with Crippen molar-refractivity contribution < 1.29 is 4.79 Å². The fourth-order valence-electron chi connectivity index (χ4n) is 2.35. The minimum atomic E-state index is -0.507. The van der Waals surface area contributed by atoms with Gasteiger partial charge >= 0.3 is 5.69 Å². The van der Waals surface area contributed by atoms with Gasteiger partial charge < -0.3 is 10.3 Å². The number of carbonyl (C=O) groups is 1. The average molecular weight is 371 g/mol. The maximum atomic E-state index is 12.0. The number of amides is 1. The first-order valence-corrected chi connectivity index (χ1v) is 8.81. The van der Waals surface area contributed by atoms with Crippen molar-refractivity contribution >= 4 is 17.2 Å². The molecule has 134 valence electrons. The van der Waals surface area contributed by atoms with Gasteiger partial charge in [-0.2, -0.15) is 0 Å². The van der Waals surface area contributed by atoms with Crippen LogP contribution in [0.5, 0.6) is 0 Å². The highest BCUT2D eigenvalue weighted by Crippen LogP contribution is 2.22. The number of thiazole rings is 1. The number of nitrogens with zero attached hydrogens (tertiary/aromatic N) is 3. The van der Waals surface area contributed by atoms with Crippen LogP contribution in [0.15, 0.2) is 45.7 Å². The topological polar surface area (TPSA) is 110 Å². The zero-order chi connectivity index (χ0) is 18.5. The number of nitrogens with one attached hydrogen (secondary N) is 2. The van der Waals surface area contributed by atoms with E-state index in [0.717, 1.165) is 20.8 Å². The molecule has 3 aromatic heterocycles. The molecule has 3 rings (SSSR count). The van der Waals surface area contributed by atoms with Gasteiger partial charge in [0.25, 0.3) is 5.56 Å². The number of rotatable bonds is 6. The molecule has 26 heavy (non-hydrogen) atoms. The summed E-state index contributed by atoms with van der Waals surface area (Å²) < 4.78 is 0.942. The first-order chi connectivity index (χ1) is 12.5. The Morgan fingerprint density at radius 2 is 2.23 bits per heavy atom. The fourth-order valence-corrected chi connectivity index (χ4v) is 3.20. The van der Waals surface area contributed by atoms with Gasteiger partial charge in [-0.05, 0) is 12.1 Å². The normalized spacial score (nSPS) is 10.7. The smallest absolute Gasteiger partial charge is 0.328 e. The lowest BCUT2D eigenvalue weighted by Gasteiger charge is -2.05. The minimum absolute atomic E-state index is 0.0819. The molecule has 0 radical (unpaired) electrons. The first-order valence-electron chi connectivity index (χ1n) is 7.93. The van der Waals surface area contributed by atoms with E-state index in [9.17, 15) is 14.4 Å². The van der Waals surface area contributed by atoms with E-state index in [1.54, 1.807) is 12.4 Å². The summed E-state index contributed by atoms with van der Waals surface area (Å²) in [6, 6.07) is 3.81. The maximum absolute atomic E-state index is 12.0. The molecule has 0 aliphatic rings. The Kier molecular flexibility index (Phi) is 5.37. The minimum Gasteiger partial charge on any atom is -0.355 e. The zero-order valence-electron chi connectivity index (χ0n) is 14.1. The molecule has 0 fully saturated rings. The molecule has 0 aliphatic heterocycles. The number of hydrogen-bond acceptors (Lipinski definition) is 6. The Bertz CT molecular complexity index is 1020. The molecule has 0 aromatic carbocycles. The van der Waals surface area contributed by atoms with Gasteiger partial charge in [-0.3, -0.25) is 19.1 Å². The van der Waals surface area contributed by atoms with E-state index in [1.165, 1.54) is 24.6 Å². The number of aromatic nitrogens is 4. The molecule has 0 saturated carbocycles. The van der Waals surface area contributed by atoms with E-state index in [0.29, 0.717) is 13.0 Å². The Labute approximate surface area is 152 Å². The predicted octanol–water partition coefficient (Wildman–Crippen LogP) is 0.494. The second-order valence-corrected chi connectivity index (χ2v) is 6.50. The summed E-state index contributed by atoms with van der Waals surface area (Å²) in [5.41, 5.74) is 1.12. The Hall–Kier alpha value is -3.07. The van der Waals surface area contributed by atoms with Crippen LogP contribution in [0.3, 0.4) is 0 Å². The molecule has 0 spiro atoms. The van der Waals surface area contributed by atoms with Gasteiger partial charge in [0, 0.05) is 55.1 Å². The highest BCUT2D eigenvalue weighted by molar-refractivity contribution is 7.13. The van der Waals surface area contributed by atoms with Gasteiger partial charge in [0.2, 0.25) is 5.91 Å². The fraction of sp³-hybridized carbons (Fsp3) is 0.235. The van der Waals surface area contributed by atoms with E-state index in [-0.39, 0.29) is 17.9 Å². The van der Waals surface area contributed by atoms with Crippen molar-refractivity contribution in [2.75, 3.05) is 6.54 Å². The second kappa shape index (κ2) is 7.87. The second-order valence-electron chi connectivity index (χ2n) is 5.65. The van der Waals surface area contributed by atoms with Crippen LogP contribution in [0.1, 0.15) is 11.3 Å². The summed E-state index contributed by atoms with van der Waals surface area (Å²) in [6.07, 6.45) is 5.26. The lowest BCUT2D eigenvalue weighted by molar-refractivity contribution is -0.120. The van der Waals surface area contributed by atoms with Gasteiger partial charge in [0.05, 0.1) is 12.1 Å². The number of aromatic amines is 1. The van der Waals surface area contributed by atoms with Crippen molar-refractivity contribution in [3.63, 3.8) is 0 Å². The number of carbonyl (C=O) groups excluding carboxylic acids is 1. The molecule has 3 aromatic rings. The average Bonchev–Trinajstić information content (AvgIpc) is 3.12. The van der Waals surface area contributed by atoms with Gasteiger partial charge in [-0.1, -0.05) is 0 Å². The molecule has 0 unspecified atom stereocenters. The molecule has 3 heterocycles. The third-order valence-electron chi connectivity index (χ3n) is 3.77. The predicted molar refractivity (Wildman–Crippen MR) is 98.1 cm³/mol. The van der Waals surface area contributed by atoms with Crippen molar-refractivity contribution in [2.24, 2.45) is 7.05 Å². The third-order valence-corrected chi connectivity index (χ3v) is 4.71. The van der Waals surface area contributed by atoms with Crippen LogP contribution in [0, 0.1) is 0 Å². The van der Waals surface area contributed by atoms with Crippen LogP contribution >= 0.6 is 11.3 Å². The van der Waals surface area contributed by atoms with Gasteiger partial charge in [-0.25, -0.2) is 9.78 Å². The molecule has 0 bridgehead atoms. The molecule has 2 N–H and O–H groups in total.